The number of carbonyl (C=O) groups excluding carboxylic acids is 4. The van der Waals surface area contributed by atoms with E-state index in [9.17, 15) is 19.2 Å². The summed E-state index contributed by atoms with van der Waals surface area (Å²) >= 11 is 0. The van der Waals surface area contributed by atoms with Crippen LogP contribution in [0.3, 0.4) is 0 Å². The first-order chi connectivity index (χ1) is 8.93. The molecule has 0 aliphatic rings. The third-order valence-corrected chi connectivity index (χ3v) is 2.99. The Morgan fingerprint density at radius 2 is 1.16 bits per heavy atom. The van der Waals surface area contributed by atoms with Gasteiger partial charge in [0.1, 0.15) is 11.6 Å². The van der Waals surface area contributed by atoms with Crippen LogP contribution < -0.4 is 0 Å². The van der Waals surface area contributed by atoms with Crippen LogP contribution in [0.4, 0.5) is 0 Å². The lowest BCUT2D eigenvalue weighted by atomic mass is 10.0. The summed E-state index contributed by atoms with van der Waals surface area (Å²) in [4.78, 5) is 43.9. The molecule has 0 atom stereocenters. The molecular formula is C15H24O4. The fourth-order valence-corrected chi connectivity index (χ4v) is 1.80. The van der Waals surface area contributed by atoms with E-state index in [4.69, 9.17) is 0 Å². The van der Waals surface area contributed by atoms with Gasteiger partial charge in [0.2, 0.25) is 0 Å². The van der Waals surface area contributed by atoms with E-state index < -0.39 is 0 Å². The molecule has 0 aromatic rings. The molecule has 4 nitrogen and oxygen atoms in total. The lowest BCUT2D eigenvalue weighted by molar-refractivity contribution is -0.135. The van der Waals surface area contributed by atoms with E-state index in [2.05, 4.69) is 0 Å². The molecule has 0 aromatic carbocycles. The van der Waals surface area contributed by atoms with Crippen molar-refractivity contribution >= 4 is 23.1 Å². The Labute approximate surface area is 114 Å². The van der Waals surface area contributed by atoms with Crippen molar-refractivity contribution in [1.82, 2.24) is 0 Å². The van der Waals surface area contributed by atoms with Crippen LogP contribution in [-0.2, 0) is 19.2 Å². The quantitative estimate of drug-likeness (QED) is 0.403. The van der Waals surface area contributed by atoms with Gasteiger partial charge in [-0.3, -0.25) is 14.4 Å². The maximum atomic E-state index is 11.4. The van der Waals surface area contributed by atoms with Crippen molar-refractivity contribution in [3.05, 3.63) is 0 Å². The first-order valence-electron chi connectivity index (χ1n) is 6.98. The van der Waals surface area contributed by atoms with Crippen LogP contribution in [-0.4, -0.2) is 23.1 Å². The Kier molecular flexibility index (Phi) is 9.85. The summed E-state index contributed by atoms with van der Waals surface area (Å²) in [6.07, 6.45) is 5.83. The Hall–Kier alpha value is -1.32. The topological polar surface area (TPSA) is 68.3 Å². The highest BCUT2D eigenvalue weighted by atomic mass is 16.2. The van der Waals surface area contributed by atoms with Crippen molar-refractivity contribution in [3.63, 3.8) is 0 Å². The molecule has 0 radical (unpaired) electrons. The van der Waals surface area contributed by atoms with E-state index in [0.29, 0.717) is 32.1 Å². The van der Waals surface area contributed by atoms with Gasteiger partial charge in [-0.15, -0.1) is 0 Å². The predicted molar refractivity (Wildman–Crippen MR) is 72.9 cm³/mol. The highest BCUT2D eigenvalue weighted by Gasteiger charge is 2.07. The maximum Gasteiger partial charge on any atom is 0.198 e. The summed E-state index contributed by atoms with van der Waals surface area (Å²) in [5, 5.41) is 0. The SMILES string of the molecule is CC(=O)CCCC(=O)CCCCCCC(=O)C(C)=O. The Morgan fingerprint density at radius 3 is 1.68 bits per heavy atom. The molecule has 0 spiro atoms. The maximum absolute atomic E-state index is 11.4. The van der Waals surface area contributed by atoms with Gasteiger partial charge in [-0.2, -0.15) is 0 Å². The van der Waals surface area contributed by atoms with Crippen molar-refractivity contribution in [2.45, 2.75) is 71.6 Å². The van der Waals surface area contributed by atoms with Gasteiger partial charge < -0.3 is 4.79 Å². The second kappa shape index (κ2) is 10.6. The van der Waals surface area contributed by atoms with Crippen LogP contribution >= 0.6 is 0 Å². The van der Waals surface area contributed by atoms with Crippen molar-refractivity contribution < 1.29 is 19.2 Å². The number of carbonyl (C=O) groups is 4. The molecule has 0 amide bonds. The number of rotatable bonds is 12. The molecule has 0 fully saturated rings. The molecule has 0 aliphatic carbocycles. The molecule has 0 N–H and O–H groups in total. The Bertz CT molecular complexity index is 331. The van der Waals surface area contributed by atoms with Crippen LogP contribution in [0.25, 0.3) is 0 Å². The number of Topliss-reactive ketones (excluding diaryl/α,β-unsaturated/α-hetero) is 4. The van der Waals surface area contributed by atoms with Crippen molar-refractivity contribution in [2.75, 3.05) is 0 Å². The number of ketones is 4. The monoisotopic (exact) mass is 268 g/mol. The Morgan fingerprint density at radius 1 is 0.632 bits per heavy atom. The molecule has 0 unspecified atom stereocenters. The van der Waals surface area contributed by atoms with E-state index in [1.807, 2.05) is 0 Å². The van der Waals surface area contributed by atoms with Crippen LogP contribution in [0.2, 0.25) is 0 Å². The van der Waals surface area contributed by atoms with E-state index in [1.54, 1.807) is 0 Å². The fraction of sp³-hybridized carbons (Fsp3) is 0.733. The predicted octanol–water partition coefficient (Wildman–Crippen LogP) is 2.81. The Balaban J connectivity index is 3.39. The summed E-state index contributed by atoms with van der Waals surface area (Å²) in [6, 6.07) is 0. The van der Waals surface area contributed by atoms with Gasteiger partial charge in [0.25, 0.3) is 0 Å². The molecule has 0 bridgehead atoms. The second-order valence-electron chi connectivity index (χ2n) is 4.99. The van der Waals surface area contributed by atoms with Gasteiger partial charge in [0.15, 0.2) is 11.6 Å². The fourth-order valence-electron chi connectivity index (χ4n) is 1.80. The average Bonchev–Trinajstić information content (AvgIpc) is 2.32. The normalized spacial score (nSPS) is 10.2. The zero-order valence-corrected chi connectivity index (χ0v) is 12.0. The number of hydrogen-bond acceptors (Lipinski definition) is 4. The molecule has 0 heterocycles. The molecule has 19 heavy (non-hydrogen) atoms. The summed E-state index contributed by atoms with van der Waals surface area (Å²) in [5.74, 6) is -0.343. The van der Waals surface area contributed by atoms with E-state index in [0.717, 1.165) is 25.7 Å². The molecular weight excluding hydrogens is 244 g/mol. The lowest BCUT2D eigenvalue weighted by Gasteiger charge is -2.01. The largest absolute Gasteiger partial charge is 0.300 e. The van der Waals surface area contributed by atoms with Crippen LogP contribution in [0.5, 0.6) is 0 Å². The van der Waals surface area contributed by atoms with Gasteiger partial charge in [-0.05, 0) is 26.2 Å². The van der Waals surface area contributed by atoms with Crippen molar-refractivity contribution in [3.8, 4) is 0 Å². The van der Waals surface area contributed by atoms with Crippen molar-refractivity contribution in [2.24, 2.45) is 0 Å². The minimum atomic E-state index is -0.374. The van der Waals surface area contributed by atoms with Gasteiger partial charge >= 0.3 is 0 Å². The summed E-state index contributed by atoms with van der Waals surface area (Å²) in [6.45, 7) is 2.83. The van der Waals surface area contributed by atoms with Gasteiger partial charge in [0, 0.05) is 32.6 Å². The van der Waals surface area contributed by atoms with Crippen LogP contribution in [0.1, 0.15) is 71.6 Å². The second-order valence-corrected chi connectivity index (χ2v) is 4.99. The van der Waals surface area contributed by atoms with Crippen molar-refractivity contribution in [1.29, 1.82) is 0 Å². The minimum absolute atomic E-state index is 0.128. The molecule has 0 rings (SSSR count). The molecule has 4 heteroatoms. The van der Waals surface area contributed by atoms with E-state index >= 15 is 0 Å². The lowest BCUT2D eigenvalue weighted by Crippen LogP contribution is -2.08. The highest BCUT2D eigenvalue weighted by molar-refractivity contribution is 6.36. The molecule has 0 aliphatic heterocycles. The minimum Gasteiger partial charge on any atom is -0.300 e. The van der Waals surface area contributed by atoms with E-state index in [-0.39, 0.29) is 23.1 Å². The molecule has 0 saturated heterocycles. The third kappa shape index (κ3) is 11.5. The van der Waals surface area contributed by atoms with Gasteiger partial charge in [-0.25, -0.2) is 0 Å². The highest BCUT2D eigenvalue weighted by Crippen LogP contribution is 2.09. The molecule has 0 aromatic heterocycles. The number of hydrogen-bond donors (Lipinski definition) is 0. The first-order valence-corrected chi connectivity index (χ1v) is 6.98. The third-order valence-electron chi connectivity index (χ3n) is 2.99. The summed E-state index contributed by atoms with van der Waals surface area (Å²) < 4.78 is 0. The standard InChI is InChI=1S/C15H24O4/c1-12(16)8-7-10-14(18)9-5-3-4-6-11-15(19)13(2)17/h3-11H2,1-2H3. The molecule has 0 saturated carbocycles. The summed E-state index contributed by atoms with van der Waals surface area (Å²) in [5.41, 5.74) is 0. The first kappa shape index (κ1) is 17.7. The zero-order chi connectivity index (χ0) is 14.7. The van der Waals surface area contributed by atoms with Crippen LogP contribution in [0.15, 0.2) is 0 Å². The average molecular weight is 268 g/mol. The van der Waals surface area contributed by atoms with Gasteiger partial charge in [-0.1, -0.05) is 12.8 Å². The smallest absolute Gasteiger partial charge is 0.198 e. The van der Waals surface area contributed by atoms with Crippen LogP contribution in [0, 0.1) is 0 Å². The zero-order valence-electron chi connectivity index (χ0n) is 12.0. The van der Waals surface area contributed by atoms with Gasteiger partial charge in [0.05, 0.1) is 0 Å². The number of unbranched alkanes of at least 4 members (excludes halogenated alkanes) is 3. The summed E-state index contributed by atoms with van der Waals surface area (Å²) in [7, 11) is 0. The van der Waals surface area contributed by atoms with E-state index in [1.165, 1.54) is 13.8 Å². The molecule has 108 valence electrons.